The van der Waals surface area contributed by atoms with Crippen LogP contribution in [-0.2, 0) is 17.1 Å². The summed E-state index contributed by atoms with van der Waals surface area (Å²) in [5.74, 6) is 0.443. The molecular weight excluding hydrogens is 540 g/mol. The molecule has 0 radical (unpaired) electrons. The van der Waals surface area contributed by atoms with Gasteiger partial charge in [0.15, 0.2) is 0 Å². The van der Waals surface area contributed by atoms with E-state index in [0.29, 0.717) is 22.5 Å². The van der Waals surface area contributed by atoms with Gasteiger partial charge in [0.1, 0.15) is 12.1 Å². The van der Waals surface area contributed by atoms with Crippen molar-refractivity contribution in [1.82, 2.24) is 18.5 Å². The molecule has 0 saturated carbocycles. The summed E-state index contributed by atoms with van der Waals surface area (Å²) < 4.78 is 34.8. The van der Waals surface area contributed by atoms with Gasteiger partial charge >= 0.3 is 0 Å². The number of hydrogen-bond donors (Lipinski definition) is 1. The second-order valence-corrected chi connectivity index (χ2v) is 11.5. The molecule has 2 aromatic carbocycles. The van der Waals surface area contributed by atoms with Crippen molar-refractivity contribution in [2.24, 2.45) is 7.05 Å². The van der Waals surface area contributed by atoms with E-state index in [2.05, 4.69) is 4.98 Å². The third-order valence-electron chi connectivity index (χ3n) is 6.94. The number of aliphatic hydroxyl groups is 1. The van der Waals surface area contributed by atoms with Gasteiger partial charge < -0.3 is 14.4 Å². The molecule has 0 unspecified atom stereocenters. The van der Waals surface area contributed by atoms with Gasteiger partial charge in [-0.1, -0.05) is 29.8 Å². The highest BCUT2D eigenvalue weighted by atomic mass is 32.2. The zero-order valence-electron chi connectivity index (χ0n) is 22.4. The van der Waals surface area contributed by atoms with Gasteiger partial charge in [-0.2, -0.15) is 0 Å². The summed E-state index contributed by atoms with van der Waals surface area (Å²) in [6, 6.07) is 21.5. The fourth-order valence-corrected chi connectivity index (χ4v) is 6.15. The summed E-state index contributed by atoms with van der Waals surface area (Å²) in [6.07, 6.45) is 4.82. The highest BCUT2D eigenvalue weighted by Gasteiger charge is 2.23. The van der Waals surface area contributed by atoms with E-state index in [4.69, 9.17) is 14.8 Å². The van der Waals surface area contributed by atoms with E-state index in [-0.39, 0.29) is 23.6 Å². The van der Waals surface area contributed by atoms with Crippen LogP contribution < -0.4 is 10.3 Å². The minimum absolute atomic E-state index is 0.0711. The van der Waals surface area contributed by atoms with Crippen molar-refractivity contribution in [1.29, 1.82) is 0 Å². The molecule has 0 aliphatic heterocycles. The maximum atomic E-state index is 13.5. The first kappa shape index (κ1) is 26.4. The van der Waals surface area contributed by atoms with Gasteiger partial charge in [0.2, 0.25) is 5.88 Å². The number of fused-ring (bicyclic) bond motifs is 2. The first-order valence-electron chi connectivity index (χ1n) is 12.9. The third kappa shape index (κ3) is 4.77. The van der Waals surface area contributed by atoms with Crippen LogP contribution in [0, 0.1) is 6.92 Å². The van der Waals surface area contributed by atoms with E-state index in [1.807, 2.05) is 43.3 Å². The van der Waals surface area contributed by atoms with Gasteiger partial charge in [-0.3, -0.25) is 4.79 Å². The molecule has 4 aromatic heterocycles. The summed E-state index contributed by atoms with van der Waals surface area (Å²) in [5.41, 5.74) is 4.46. The van der Waals surface area contributed by atoms with Crippen LogP contribution in [0.4, 0.5) is 0 Å². The molecule has 0 atom stereocenters. The Morgan fingerprint density at radius 1 is 0.951 bits per heavy atom. The molecule has 0 amide bonds. The van der Waals surface area contributed by atoms with Crippen LogP contribution in [0.2, 0.25) is 0 Å². The van der Waals surface area contributed by atoms with Crippen molar-refractivity contribution in [3.8, 4) is 28.3 Å². The molecule has 10 heteroatoms. The van der Waals surface area contributed by atoms with Crippen molar-refractivity contribution < 1.29 is 18.3 Å². The van der Waals surface area contributed by atoms with Gasteiger partial charge in [-0.05, 0) is 55.0 Å². The van der Waals surface area contributed by atoms with Crippen molar-refractivity contribution in [2.75, 3.05) is 13.2 Å². The zero-order valence-corrected chi connectivity index (χ0v) is 23.2. The largest absolute Gasteiger partial charge is 0.475 e. The van der Waals surface area contributed by atoms with Gasteiger partial charge in [0, 0.05) is 53.6 Å². The Kier molecular flexibility index (Phi) is 6.64. The first-order valence-corrected chi connectivity index (χ1v) is 14.3. The number of benzene rings is 2. The van der Waals surface area contributed by atoms with Crippen molar-refractivity contribution in [3.63, 3.8) is 0 Å². The molecule has 4 heterocycles. The van der Waals surface area contributed by atoms with Gasteiger partial charge in [0.25, 0.3) is 15.6 Å². The summed E-state index contributed by atoms with van der Waals surface area (Å²) >= 11 is 0. The summed E-state index contributed by atoms with van der Waals surface area (Å²) in [6.45, 7) is 1.99. The van der Waals surface area contributed by atoms with E-state index in [9.17, 15) is 13.2 Å². The number of nitrogens with zero attached hydrogens (tertiary/aromatic N) is 4. The lowest BCUT2D eigenvalue weighted by atomic mass is 10.0. The highest BCUT2D eigenvalue weighted by Crippen LogP contribution is 2.31. The second-order valence-electron chi connectivity index (χ2n) is 9.71. The van der Waals surface area contributed by atoms with E-state index in [1.54, 1.807) is 55.8 Å². The Balaban J connectivity index is 1.41. The molecule has 0 saturated heterocycles. The van der Waals surface area contributed by atoms with Crippen LogP contribution in [0.15, 0.2) is 101 Å². The maximum absolute atomic E-state index is 13.5. The standard InChI is InChI=1S/C31H26N4O5S/c1-20-3-8-24(9-4-20)41(38,39)35-14-13-25-26(19-34(2)31(37)30(25)35)28-11-6-22-17-21(5-10-27(22)33-28)23-7-12-29(32-18-23)40-16-15-36/h3-14,17-19,36H,15-16H2,1-2H3. The number of aliphatic hydroxyl groups excluding tert-OH is 1. The molecule has 0 bridgehead atoms. The molecule has 6 rings (SSSR count). The van der Waals surface area contributed by atoms with Crippen LogP contribution >= 0.6 is 0 Å². The van der Waals surface area contributed by atoms with Crippen LogP contribution in [0.3, 0.4) is 0 Å². The summed E-state index contributed by atoms with van der Waals surface area (Å²) in [4.78, 5) is 22.5. The molecule has 0 aliphatic rings. The quantitative estimate of drug-likeness (QED) is 0.302. The fourth-order valence-electron chi connectivity index (χ4n) is 4.80. The van der Waals surface area contributed by atoms with Gasteiger partial charge in [-0.15, -0.1) is 0 Å². The number of aryl methyl sites for hydroxylation is 2. The predicted octanol–water partition coefficient (Wildman–Crippen LogP) is 4.53. The van der Waals surface area contributed by atoms with Crippen LogP contribution in [0.5, 0.6) is 5.88 Å². The van der Waals surface area contributed by atoms with E-state index < -0.39 is 15.6 Å². The van der Waals surface area contributed by atoms with E-state index in [0.717, 1.165) is 31.6 Å². The average molecular weight is 567 g/mol. The SMILES string of the molecule is Cc1ccc(S(=O)(=O)n2ccc3c(-c4ccc5cc(-c6ccc(OCCO)nc6)ccc5n4)cn(C)c(=O)c32)cc1. The number of aromatic nitrogens is 4. The lowest BCUT2D eigenvalue weighted by molar-refractivity contribution is 0.196. The molecule has 1 N–H and O–H groups in total. The molecule has 0 aliphatic carbocycles. The topological polar surface area (TPSA) is 116 Å². The van der Waals surface area contributed by atoms with Crippen molar-refractivity contribution in [3.05, 3.63) is 107 Å². The number of ether oxygens (including phenoxy) is 1. The molecule has 41 heavy (non-hydrogen) atoms. The van der Waals surface area contributed by atoms with E-state index in [1.165, 1.54) is 10.8 Å². The highest BCUT2D eigenvalue weighted by molar-refractivity contribution is 7.90. The summed E-state index contributed by atoms with van der Waals surface area (Å²) in [7, 11) is -2.39. The second kappa shape index (κ2) is 10.3. The van der Waals surface area contributed by atoms with Gasteiger partial charge in [0.05, 0.1) is 22.7 Å². The van der Waals surface area contributed by atoms with Crippen LogP contribution in [0.25, 0.3) is 44.2 Å². The lowest BCUT2D eigenvalue weighted by Gasteiger charge is -2.11. The van der Waals surface area contributed by atoms with Crippen LogP contribution in [0.1, 0.15) is 5.56 Å². The third-order valence-corrected chi connectivity index (χ3v) is 8.63. The Labute approximate surface area is 236 Å². The Hall–Kier alpha value is -4.80. The Morgan fingerprint density at radius 3 is 2.46 bits per heavy atom. The van der Waals surface area contributed by atoms with Gasteiger partial charge in [-0.25, -0.2) is 22.4 Å². The molecule has 0 spiro atoms. The number of hydrogen-bond acceptors (Lipinski definition) is 7. The predicted molar refractivity (Wildman–Crippen MR) is 157 cm³/mol. The number of pyridine rings is 3. The van der Waals surface area contributed by atoms with Crippen molar-refractivity contribution in [2.45, 2.75) is 11.8 Å². The Morgan fingerprint density at radius 2 is 1.73 bits per heavy atom. The van der Waals surface area contributed by atoms with E-state index >= 15 is 0 Å². The van der Waals surface area contributed by atoms with Crippen molar-refractivity contribution >= 4 is 31.8 Å². The monoisotopic (exact) mass is 566 g/mol. The molecule has 6 aromatic rings. The molecule has 206 valence electrons. The van der Waals surface area contributed by atoms with Crippen LogP contribution in [-0.4, -0.2) is 45.2 Å². The molecule has 0 fully saturated rings. The zero-order chi connectivity index (χ0) is 28.7. The lowest BCUT2D eigenvalue weighted by Crippen LogP contribution is -2.22. The molecule has 9 nitrogen and oxygen atoms in total. The fraction of sp³-hybridized carbons (Fsp3) is 0.129. The Bertz CT molecular complexity index is 2080. The smallest absolute Gasteiger partial charge is 0.275 e. The number of rotatable bonds is 7. The maximum Gasteiger partial charge on any atom is 0.275 e. The normalized spacial score (nSPS) is 11.8. The first-order chi connectivity index (χ1) is 19.8. The summed E-state index contributed by atoms with van der Waals surface area (Å²) in [5, 5.41) is 10.3. The minimum Gasteiger partial charge on any atom is -0.475 e. The average Bonchev–Trinajstić information content (AvgIpc) is 3.44. The minimum atomic E-state index is -3.99. The molecular formula is C31H26N4O5S.